The molecule has 1 saturated carbocycles. The lowest BCUT2D eigenvalue weighted by Gasteiger charge is -2.33. The third kappa shape index (κ3) is 3.97. The lowest BCUT2D eigenvalue weighted by atomic mass is 10.2. The summed E-state index contributed by atoms with van der Waals surface area (Å²) in [6.45, 7) is 5.84. The smallest absolute Gasteiger partial charge is 0.254 e. The van der Waals surface area contributed by atoms with E-state index in [2.05, 4.69) is 27.4 Å². The standard InChI is InChI=1S/C20H26N4O2/c1-15-19(12-22-24(15)13-16-5-3-2-4-6-16)20(25)21-11-18-14-23(9-10-26-18)17-7-8-17/h2-6,12,17-18H,7-11,13-14H2,1H3,(H,21,25)/t18-/m0/s1. The van der Waals surface area contributed by atoms with Gasteiger partial charge in [-0.05, 0) is 25.3 Å². The summed E-state index contributed by atoms with van der Waals surface area (Å²) in [5.41, 5.74) is 2.69. The molecule has 1 aromatic carbocycles. The van der Waals surface area contributed by atoms with E-state index in [0.29, 0.717) is 18.7 Å². The van der Waals surface area contributed by atoms with Crippen LogP contribution in [0.25, 0.3) is 0 Å². The Morgan fingerprint density at radius 1 is 1.31 bits per heavy atom. The molecule has 1 aromatic heterocycles. The summed E-state index contributed by atoms with van der Waals surface area (Å²) in [6.07, 6.45) is 4.34. The summed E-state index contributed by atoms with van der Waals surface area (Å²) in [7, 11) is 0. The maximum Gasteiger partial charge on any atom is 0.254 e. The third-order valence-electron chi connectivity index (χ3n) is 5.25. The van der Waals surface area contributed by atoms with Crippen LogP contribution < -0.4 is 5.32 Å². The number of benzene rings is 1. The molecule has 6 heteroatoms. The quantitative estimate of drug-likeness (QED) is 0.860. The van der Waals surface area contributed by atoms with Crippen LogP contribution in [0.2, 0.25) is 0 Å². The number of nitrogens with zero attached hydrogens (tertiary/aromatic N) is 3. The highest BCUT2D eigenvalue weighted by atomic mass is 16.5. The first kappa shape index (κ1) is 17.2. The SMILES string of the molecule is Cc1c(C(=O)NC[C@H]2CN(C3CC3)CCO2)cnn1Cc1ccccc1. The van der Waals surface area contributed by atoms with Gasteiger partial charge in [-0.1, -0.05) is 30.3 Å². The van der Waals surface area contributed by atoms with E-state index in [9.17, 15) is 4.79 Å². The van der Waals surface area contributed by atoms with Gasteiger partial charge in [0.2, 0.25) is 0 Å². The van der Waals surface area contributed by atoms with Gasteiger partial charge in [-0.3, -0.25) is 14.4 Å². The molecule has 2 aliphatic rings. The Kier molecular flexibility index (Phi) is 5.04. The Morgan fingerprint density at radius 2 is 2.12 bits per heavy atom. The maximum atomic E-state index is 12.6. The van der Waals surface area contributed by atoms with Gasteiger partial charge in [0.1, 0.15) is 0 Å². The molecule has 138 valence electrons. The van der Waals surface area contributed by atoms with Crippen LogP contribution in [0.1, 0.15) is 34.5 Å². The van der Waals surface area contributed by atoms with Crippen LogP contribution in [0, 0.1) is 6.92 Å². The van der Waals surface area contributed by atoms with Crippen LogP contribution in [0.3, 0.4) is 0 Å². The molecular formula is C20H26N4O2. The molecule has 1 atom stereocenters. The number of carbonyl (C=O) groups is 1. The molecule has 1 amide bonds. The molecule has 2 heterocycles. The van der Waals surface area contributed by atoms with Crippen molar-refractivity contribution in [3.63, 3.8) is 0 Å². The number of amides is 1. The summed E-state index contributed by atoms with van der Waals surface area (Å²) in [4.78, 5) is 15.1. The number of carbonyl (C=O) groups excluding carboxylic acids is 1. The van der Waals surface area contributed by atoms with E-state index in [0.717, 1.165) is 31.4 Å². The minimum Gasteiger partial charge on any atom is -0.374 e. The average Bonchev–Trinajstić information content (AvgIpc) is 3.46. The third-order valence-corrected chi connectivity index (χ3v) is 5.25. The molecule has 0 radical (unpaired) electrons. The van der Waals surface area contributed by atoms with E-state index in [1.54, 1.807) is 6.20 Å². The highest BCUT2D eigenvalue weighted by molar-refractivity contribution is 5.95. The molecular weight excluding hydrogens is 328 g/mol. The summed E-state index contributed by atoms with van der Waals surface area (Å²) < 4.78 is 7.68. The van der Waals surface area contributed by atoms with Gasteiger partial charge in [0.15, 0.2) is 0 Å². The fourth-order valence-corrected chi connectivity index (χ4v) is 3.52. The average molecular weight is 354 g/mol. The Hall–Kier alpha value is -2.18. The van der Waals surface area contributed by atoms with Crippen LogP contribution in [0.4, 0.5) is 0 Å². The second kappa shape index (κ2) is 7.60. The molecule has 0 unspecified atom stereocenters. The van der Waals surface area contributed by atoms with Crippen molar-refractivity contribution in [1.29, 1.82) is 0 Å². The molecule has 1 saturated heterocycles. The van der Waals surface area contributed by atoms with Gasteiger partial charge in [0, 0.05) is 31.4 Å². The van der Waals surface area contributed by atoms with Gasteiger partial charge < -0.3 is 10.1 Å². The topological polar surface area (TPSA) is 59.4 Å². The van der Waals surface area contributed by atoms with Crippen LogP contribution in [0.5, 0.6) is 0 Å². The normalized spacial score (nSPS) is 20.9. The number of morpholine rings is 1. The van der Waals surface area contributed by atoms with E-state index in [-0.39, 0.29) is 12.0 Å². The van der Waals surface area contributed by atoms with E-state index in [4.69, 9.17) is 4.74 Å². The Morgan fingerprint density at radius 3 is 2.88 bits per heavy atom. The fraction of sp³-hybridized carbons (Fsp3) is 0.500. The molecule has 4 rings (SSSR count). The second-order valence-electron chi connectivity index (χ2n) is 7.22. The zero-order chi connectivity index (χ0) is 17.9. The van der Waals surface area contributed by atoms with Crippen molar-refractivity contribution < 1.29 is 9.53 Å². The lowest BCUT2D eigenvalue weighted by Crippen LogP contribution is -2.48. The zero-order valence-corrected chi connectivity index (χ0v) is 15.2. The van der Waals surface area contributed by atoms with Crippen molar-refractivity contribution in [1.82, 2.24) is 20.0 Å². The van der Waals surface area contributed by atoms with Gasteiger partial charge >= 0.3 is 0 Å². The van der Waals surface area contributed by atoms with Gasteiger partial charge in [-0.25, -0.2) is 0 Å². The molecule has 0 spiro atoms. The Labute approximate surface area is 154 Å². The largest absolute Gasteiger partial charge is 0.374 e. The number of ether oxygens (including phenoxy) is 1. The van der Waals surface area contributed by atoms with Crippen molar-refractivity contribution in [2.45, 2.75) is 38.5 Å². The molecule has 0 bridgehead atoms. The molecule has 6 nitrogen and oxygen atoms in total. The lowest BCUT2D eigenvalue weighted by molar-refractivity contribution is -0.0293. The number of hydrogen-bond donors (Lipinski definition) is 1. The first-order valence-corrected chi connectivity index (χ1v) is 9.41. The molecule has 2 aromatic rings. The van der Waals surface area contributed by atoms with E-state index in [1.165, 1.54) is 18.4 Å². The molecule has 1 aliphatic heterocycles. The van der Waals surface area contributed by atoms with Gasteiger partial charge in [0.05, 0.1) is 31.0 Å². The Bertz CT molecular complexity index is 754. The van der Waals surface area contributed by atoms with Crippen molar-refractivity contribution >= 4 is 5.91 Å². The predicted molar refractivity (Wildman–Crippen MR) is 99.2 cm³/mol. The molecule has 26 heavy (non-hydrogen) atoms. The van der Waals surface area contributed by atoms with Crippen molar-refractivity contribution in [2.24, 2.45) is 0 Å². The van der Waals surface area contributed by atoms with Crippen molar-refractivity contribution in [3.8, 4) is 0 Å². The van der Waals surface area contributed by atoms with Crippen molar-refractivity contribution in [3.05, 3.63) is 53.3 Å². The second-order valence-corrected chi connectivity index (χ2v) is 7.22. The van der Waals surface area contributed by atoms with Crippen LogP contribution in [-0.2, 0) is 11.3 Å². The zero-order valence-electron chi connectivity index (χ0n) is 15.2. The van der Waals surface area contributed by atoms with E-state index >= 15 is 0 Å². The monoisotopic (exact) mass is 354 g/mol. The summed E-state index contributed by atoms with van der Waals surface area (Å²) in [6, 6.07) is 10.9. The molecule has 2 fully saturated rings. The first-order chi connectivity index (χ1) is 12.7. The van der Waals surface area contributed by atoms with Crippen LogP contribution in [-0.4, -0.2) is 59.0 Å². The first-order valence-electron chi connectivity index (χ1n) is 9.41. The number of nitrogens with one attached hydrogen (secondary N) is 1. The van der Waals surface area contributed by atoms with Crippen LogP contribution in [0.15, 0.2) is 36.5 Å². The summed E-state index contributed by atoms with van der Waals surface area (Å²) in [5.74, 6) is -0.0750. The maximum absolute atomic E-state index is 12.6. The molecule has 1 N–H and O–H groups in total. The van der Waals surface area contributed by atoms with Crippen molar-refractivity contribution in [2.75, 3.05) is 26.2 Å². The highest BCUT2D eigenvalue weighted by Gasteiger charge is 2.33. The van der Waals surface area contributed by atoms with Gasteiger partial charge in [0.25, 0.3) is 5.91 Å². The minimum absolute atomic E-state index is 0.0750. The summed E-state index contributed by atoms with van der Waals surface area (Å²) >= 11 is 0. The number of rotatable bonds is 6. The number of hydrogen-bond acceptors (Lipinski definition) is 4. The predicted octanol–water partition coefficient (Wildman–Crippen LogP) is 1.83. The van der Waals surface area contributed by atoms with Crippen LogP contribution >= 0.6 is 0 Å². The highest BCUT2D eigenvalue weighted by Crippen LogP contribution is 2.28. The summed E-state index contributed by atoms with van der Waals surface area (Å²) in [5, 5.41) is 7.41. The van der Waals surface area contributed by atoms with Gasteiger partial charge in [-0.2, -0.15) is 5.10 Å². The number of aromatic nitrogens is 2. The Balaban J connectivity index is 1.33. The minimum atomic E-state index is -0.0750. The van der Waals surface area contributed by atoms with E-state index < -0.39 is 0 Å². The van der Waals surface area contributed by atoms with Gasteiger partial charge in [-0.15, -0.1) is 0 Å². The van der Waals surface area contributed by atoms with E-state index in [1.807, 2.05) is 29.8 Å². The molecule has 1 aliphatic carbocycles. The fourth-order valence-electron chi connectivity index (χ4n) is 3.52.